The minimum absolute atomic E-state index is 0.163. The lowest BCUT2D eigenvalue weighted by molar-refractivity contribution is -0.140. The minimum Gasteiger partial charge on any atom is -0.384 e. The maximum Gasteiger partial charge on any atom is 0.419 e. The van der Waals surface area contributed by atoms with E-state index in [0.717, 1.165) is 12.1 Å². The van der Waals surface area contributed by atoms with Crippen molar-refractivity contribution in [1.82, 2.24) is 0 Å². The Hall–Kier alpha value is -1.47. The van der Waals surface area contributed by atoms with Crippen LogP contribution in [0.15, 0.2) is 40.9 Å². The Labute approximate surface area is 125 Å². The molecule has 0 bridgehead atoms. The van der Waals surface area contributed by atoms with E-state index in [2.05, 4.69) is 15.9 Å². The first-order chi connectivity index (χ1) is 9.70. The topological polar surface area (TPSA) is 20.2 Å². The number of benzene rings is 2. The summed E-state index contributed by atoms with van der Waals surface area (Å²) in [6.07, 6.45) is -6.39. The summed E-state index contributed by atoms with van der Waals surface area (Å²) in [7, 11) is 0. The molecule has 0 fully saturated rings. The van der Waals surface area contributed by atoms with Crippen LogP contribution in [-0.2, 0) is 6.18 Å². The highest BCUT2D eigenvalue weighted by Gasteiger charge is 2.34. The molecular weight excluding hydrogens is 359 g/mol. The molecule has 0 saturated heterocycles. The number of hydrogen-bond acceptors (Lipinski definition) is 1. The number of aliphatic hydroxyl groups excluding tert-OH is 1. The van der Waals surface area contributed by atoms with Gasteiger partial charge in [-0.1, -0.05) is 22.0 Å². The van der Waals surface area contributed by atoms with Crippen molar-refractivity contribution >= 4 is 15.9 Å². The van der Waals surface area contributed by atoms with Crippen molar-refractivity contribution in [3.8, 4) is 0 Å². The summed E-state index contributed by atoms with van der Waals surface area (Å²) in [4.78, 5) is 0. The fourth-order valence-electron chi connectivity index (χ4n) is 1.84. The van der Waals surface area contributed by atoms with Crippen molar-refractivity contribution in [1.29, 1.82) is 0 Å². The Bertz CT molecular complexity index is 669. The van der Waals surface area contributed by atoms with Crippen LogP contribution in [0.4, 0.5) is 22.0 Å². The molecule has 21 heavy (non-hydrogen) atoms. The first kappa shape index (κ1) is 15.9. The molecule has 1 N–H and O–H groups in total. The van der Waals surface area contributed by atoms with E-state index in [1.54, 1.807) is 0 Å². The second-order valence-corrected chi connectivity index (χ2v) is 5.22. The molecule has 2 aromatic rings. The van der Waals surface area contributed by atoms with E-state index < -0.39 is 29.5 Å². The van der Waals surface area contributed by atoms with Crippen LogP contribution in [-0.4, -0.2) is 5.11 Å². The number of rotatable bonds is 2. The number of hydrogen-bond donors (Lipinski definition) is 1. The van der Waals surface area contributed by atoms with E-state index in [-0.39, 0.29) is 11.1 Å². The summed E-state index contributed by atoms with van der Waals surface area (Å²) in [5, 5.41) is 10.0. The largest absolute Gasteiger partial charge is 0.419 e. The molecule has 7 heteroatoms. The zero-order chi connectivity index (χ0) is 15.8. The van der Waals surface area contributed by atoms with E-state index >= 15 is 0 Å². The first-order valence-corrected chi connectivity index (χ1v) is 6.49. The van der Waals surface area contributed by atoms with Crippen molar-refractivity contribution in [3.05, 3.63) is 69.2 Å². The molecule has 0 spiro atoms. The highest BCUT2D eigenvalue weighted by Crippen LogP contribution is 2.34. The predicted octanol–water partition coefficient (Wildman–Crippen LogP) is 4.83. The van der Waals surface area contributed by atoms with Crippen LogP contribution in [0.25, 0.3) is 0 Å². The van der Waals surface area contributed by atoms with E-state index in [0.29, 0.717) is 16.6 Å². The average Bonchev–Trinajstić information content (AvgIpc) is 2.39. The van der Waals surface area contributed by atoms with E-state index in [9.17, 15) is 27.1 Å². The number of alkyl halides is 3. The molecule has 112 valence electrons. The highest BCUT2D eigenvalue weighted by atomic mass is 79.9. The molecule has 1 atom stereocenters. The van der Waals surface area contributed by atoms with Crippen LogP contribution in [0, 0.1) is 11.6 Å². The molecule has 0 aliphatic rings. The maximum atomic E-state index is 13.6. The smallest absolute Gasteiger partial charge is 0.384 e. The molecule has 0 heterocycles. The van der Waals surface area contributed by atoms with E-state index in [1.807, 2.05) is 0 Å². The third-order valence-corrected chi connectivity index (χ3v) is 3.36. The van der Waals surface area contributed by atoms with Crippen LogP contribution in [0.3, 0.4) is 0 Å². The summed E-state index contributed by atoms with van der Waals surface area (Å²) in [5.74, 6) is -2.26. The molecule has 1 nitrogen and oxygen atoms in total. The van der Waals surface area contributed by atoms with Gasteiger partial charge in [-0.2, -0.15) is 13.2 Å². The zero-order valence-corrected chi connectivity index (χ0v) is 11.8. The van der Waals surface area contributed by atoms with Crippen LogP contribution in [0.2, 0.25) is 0 Å². The molecule has 0 aromatic heterocycles. The van der Waals surface area contributed by atoms with Crippen molar-refractivity contribution in [2.24, 2.45) is 0 Å². The minimum atomic E-state index is -4.82. The molecule has 0 radical (unpaired) electrons. The number of halogens is 6. The quantitative estimate of drug-likeness (QED) is 0.755. The summed E-state index contributed by atoms with van der Waals surface area (Å²) in [5.41, 5.74) is -1.77. The van der Waals surface area contributed by atoms with Gasteiger partial charge < -0.3 is 5.11 Å². The van der Waals surface area contributed by atoms with Crippen molar-refractivity contribution in [2.75, 3.05) is 0 Å². The van der Waals surface area contributed by atoms with Crippen molar-refractivity contribution in [2.45, 2.75) is 12.3 Å². The van der Waals surface area contributed by atoms with Gasteiger partial charge in [-0.05, 0) is 35.9 Å². The van der Waals surface area contributed by atoms with Gasteiger partial charge in [-0.15, -0.1) is 0 Å². The van der Waals surface area contributed by atoms with Crippen molar-refractivity contribution < 1.29 is 27.1 Å². The molecule has 0 amide bonds. The molecule has 0 saturated carbocycles. The van der Waals surface area contributed by atoms with Crippen LogP contribution in [0.1, 0.15) is 22.8 Å². The van der Waals surface area contributed by atoms with Gasteiger partial charge in [-0.3, -0.25) is 0 Å². The van der Waals surface area contributed by atoms with Gasteiger partial charge in [0.15, 0.2) is 0 Å². The van der Waals surface area contributed by atoms with Crippen LogP contribution in [0.5, 0.6) is 0 Å². The molecule has 1 unspecified atom stereocenters. The molecule has 0 aliphatic heterocycles. The molecule has 2 aromatic carbocycles. The van der Waals surface area contributed by atoms with Gasteiger partial charge in [-0.25, -0.2) is 8.78 Å². The first-order valence-electron chi connectivity index (χ1n) is 5.70. The Morgan fingerprint density at radius 1 is 0.952 bits per heavy atom. The standard InChI is InChI=1S/C14H8BrF5O/c15-8-2-4-11(16)9(6-8)13(21)7-1-3-10(12(17)5-7)14(18,19)20/h1-6,13,21H. The van der Waals surface area contributed by atoms with Gasteiger partial charge >= 0.3 is 6.18 Å². The summed E-state index contributed by atoms with van der Waals surface area (Å²) in [6.45, 7) is 0. The second kappa shape index (κ2) is 5.73. The van der Waals surface area contributed by atoms with E-state index in [1.165, 1.54) is 12.1 Å². The molecule has 2 rings (SSSR count). The zero-order valence-electron chi connectivity index (χ0n) is 10.3. The lowest BCUT2D eigenvalue weighted by Crippen LogP contribution is -2.10. The van der Waals surface area contributed by atoms with Gasteiger partial charge in [0.25, 0.3) is 0 Å². The number of aliphatic hydroxyl groups is 1. The Kier molecular flexibility index (Phi) is 4.34. The fourth-order valence-corrected chi connectivity index (χ4v) is 2.21. The lowest BCUT2D eigenvalue weighted by Gasteiger charge is -2.15. The van der Waals surface area contributed by atoms with Crippen molar-refractivity contribution in [3.63, 3.8) is 0 Å². The third-order valence-electron chi connectivity index (χ3n) is 2.87. The van der Waals surface area contributed by atoms with Gasteiger partial charge in [0.1, 0.15) is 17.7 Å². The molecular formula is C14H8BrF5O. The van der Waals surface area contributed by atoms with Gasteiger partial charge in [0.05, 0.1) is 5.56 Å². The SMILES string of the molecule is OC(c1ccc(C(F)(F)F)c(F)c1)c1cc(Br)ccc1F. The Morgan fingerprint density at radius 3 is 2.19 bits per heavy atom. The normalized spacial score (nSPS) is 13.3. The Balaban J connectivity index is 2.43. The Morgan fingerprint density at radius 2 is 1.62 bits per heavy atom. The van der Waals surface area contributed by atoms with Crippen LogP contribution < -0.4 is 0 Å². The van der Waals surface area contributed by atoms with Gasteiger partial charge in [0.2, 0.25) is 0 Å². The second-order valence-electron chi connectivity index (χ2n) is 4.31. The van der Waals surface area contributed by atoms with Crippen LogP contribution >= 0.6 is 15.9 Å². The van der Waals surface area contributed by atoms with Gasteiger partial charge in [0, 0.05) is 10.0 Å². The highest BCUT2D eigenvalue weighted by molar-refractivity contribution is 9.10. The summed E-state index contributed by atoms with van der Waals surface area (Å²) < 4.78 is 64.9. The average molecular weight is 367 g/mol. The third kappa shape index (κ3) is 3.41. The van der Waals surface area contributed by atoms with E-state index in [4.69, 9.17) is 0 Å². The fraction of sp³-hybridized carbons (Fsp3) is 0.143. The lowest BCUT2D eigenvalue weighted by atomic mass is 9.99. The maximum absolute atomic E-state index is 13.6. The summed E-state index contributed by atoms with van der Waals surface area (Å²) in [6, 6.07) is 5.74. The summed E-state index contributed by atoms with van der Waals surface area (Å²) >= 11 is 3.09. The molecule has 0 aliphatic carbocycles. The monoisotopic (exact) mass is 366 g/mol. The predicted molar refractivity (Wildman–Crippen MR) is 69.6 cm³/mol.